The molecule has 0 spiro atoms. The minimum absolute atomic E-state index is 0.324. The first-order valence-corrected chi connectivity index (χ1v) is 6.97. The molecule has 1 N–H and O–H groups in total. The maximum atomic E-state index is 6.06. The monoisotopic (exact) mass is 282 g/mol. The van der Waals surface area contributed by atoms with Gasteiger partial charge in [-0.3, -0.25) is 0 Å². The number of nitrogens with zero attached hydrogens (tertiary/aromatic N) is 3. The van der Waals surface area contributed by atoms with Gasteiger partial charge < -0.3 is 5.32 Å². The summed E-state index contributed by atoms with van der Waals surface area (Å²) < 4.78 is 0. The summed E-state index contributed by atoms with van der Waals surface area (Å²) in [7, 11) is 0. The van der Waals surface area contributed by atoms with Crippen molar-refractivity contribution in [1.29, 1.82) is 0 Å². The first-order valence-electron chi connectivity index (χ1n) is 5.72. The number of aryl methyl sites for hydroxylation is 2. The SMILES string of the molecule is Cc1nc(Cl)c(NCC(C)c2nccs2)nc1C. The van der Waals surface area contributed by atoms with Gasteiger partial charge in [0.15, 0.2) is 11.0 Å². The molecule has 0 amide bonds. The van der Waals surface area contributed by atoms with Crippen molar-refractivity contribution in [2.24, 2.45) is 0 Å². The Hall–Kier alpha value is -1.20. The Labute approximate surface area is 115 Å². The molecular formula is C12H15ClN4S. The Morgan fingerprint density at radius 3 is 2.72 bits per heavy atom. The quantitative estimate of drug-likeness (QED) is 0.933. The standard InChI is InChI=1S/C12H15ClN4S/c1-7(12-14-4-5-18-12)6-15-11-10(13)16-8(2)9(3)17-11/h4-5,7H,6H2,1-3H3,(H,15,17). The number of anilines is 1. The lowest BCUT2D eigenvalue weighted by molar-refractivity contribution is 0.790. The molecule has 0 aromatic carbocycles. The zero-order valence-electron chi connectivity index (χ0n) is 10.6. The molecule has 0 bridgehead atoms. The van der Waals surface area contributed by atoms with Crippen LogP contribution in [-0.4, -0.2) is 21.5 Å². The second-order valence-electron chi connectivity index (χ2n) is 4.19. The summed E-state index contributed by atoms with van der Waals surface area (Å²) in [5.41, 5.74) is 1.75. The van der Waals surface area contributed by atoms with Gasteiger partial charge in [-0.25, -0.2) is 15.0 Å². The van der Waals surface area contributed by atoms with Crippen LogP contribution in [0.25, 0.3) is 0 Å². The van der Waals surface area contributed by atoms with Crippen LogP contribution >= 0.6 is 22.9 Å². The number of halogens is 1. The van der Waals surface area contributed by atoms with Crippen LogP contribution in [-0.2, 0) is 0 Å². The number of aromatic nitrogens is 3. The third kappa shape index (κ3) is 2.97. The minimum atomic E-state index is 0.324. The molecule has 18 heavy (non-hydrogen) atoms. The zero-order valence-corrected chi connectivity index (χ0v) is 12.1. The average molecular weight is 283 g/mol. The van der Waals surface area contributed by atoms with Gasteiger partial charge in [-0.1, -0.05) is 18.5 Å². The topological polar surface area (TPSA) is 50.7 Å². The lowest BCUT2D eigenvalue weighted by atomic mass is 10.2. The van der Waals surface area contributed by atoms with E-state index in [1.54, 1.807) is 11.3 Å². The van der Waals surface area contributed by atoms with Crippen molar-refractivity contribution in [1.82, 2.24) is 15.0 Å². The maximum Gasteiger partial charge on any atom is 0.171 e. The predicted molar refractivity (Wildman–Crippen MR) is 75.5 cm³/mol. The van der Waals surface area contributed by atoms with Gasteiger partial charge in [0, 0.05) is 24.0 Å². The average Bonchev–Trinajstić information content (AvgIpc) is 2.85. The van der Waals surface area contributed by atoms with Gasteiger partial charge in [0.2, 0.25) is 0 Å². The first kappa shape index (κ1) is 13.2. The van der Waals surface area contributed by atoms with Crippen LogP contribution in [0.2, 0.25) is 5.15 Å². The lowest BCUT2D eigenvalue weighted by Crippen LogP contribution is -2.12. The molecule has 0 aliphatic carbocycles. The van der Waals surface area contributed by atoms with Crippen molar-refractivity contribution >= 4 is 28.8 Å². The number of rotatable bonds is 4. The van der Waals surface area contributed by atoms with E-state index >= 15 is 0 Å². The number of nitrogens with one attached hydrogen (secondary N) is 1. The molecule has 2 aromatic rings. The van der Waals surface area contributed by atoms with Crippen molar-refractivity contribution < 1.29 is 0 Å². The molecule has 0 aliphatic rings. The van der Waals surface area contributed by atoms with Crippen LogP contribution < -0.4 is 5.32 Å². The predicted octanol–water partition coefficient (Wildman–Crippen LogP) is 3.42. The Kier molecular flexibility index (Phi) is 4.14. The highest BCUT2D eigenvalue weighted by Crippen LogP contribution is 2.21. The molecule has 96 valence electrons. The summed E-state index contributed by atoms with van der Waals surface area (Å²) in [6.45, 7) is 6.68. The summed E-state index contributed by atoms with van der Waals surface area (Å²) in [5.74, 6) is 0.965. The van der Waals surface area contributed by atoms with Crippen LogP contribution in [0.5, 0.6) is 0 Å². The van der Waals surface area contributed by atoms with Crippen LogP contribution in [0, 0.1) is 13.8 Å². The Morgan fingerprint density at radius 1 is 1.33 bits per heavy atom. The van der Waals surface area contributed by atoms with E-state index in [9.17, 15) is 0 Å². The second-order valence-corrected chi connectivity index (χ2v) is 5.47. The summed E-state index contributed by atoms with van der Waals surface area (Å²) in [6, 6.07) is 0. The van der Waals surface area contributed by atoms with Gasteiger partial charge in [-0.2, -0.15) is 0 Å². The summed E-state index contributed by atoms with van der Waals surface area (Å²) in [6.07, 6.45) is 1.82. The molecule has 2 aromatic heterocycles. The first-order chi connectivity index (χ1) is 8.58. The zero-order chi connectivity index (χ0) is 13.1. The summed E-state index contributed by atoms with van der Waals surface area (Å²) in [4.78, 5) is 12.9. The van der Waals surface area contributed by atoms with Gasteiger partial charge in [0.05, 0.1) is 16.4 Å². The van der Waals surface area contributed by atoms with E-state index in [4.69, 9.17) is 11.6 Å². The molecule has 0 fully saturated rings. The van der Waals surface area contributed by atoms with E-state index < -0.39 is 0 Å². The van der Waals surface area contributed by atoms with Gasteiger partial charge in [0.1, 0.15) is 0 Å². The normalized spacial score (nSPS) is 12.4. The summed E-state index contributed by atoms with van der Waals surface area (Å²) >= 11 is 7.72. The fraction of sp³-hybridized carbons (Fsp3) is 0.417. The van der Waals surface area contributed by atoms with Crippen LogP contribution in [0.15, 0.2) is 11.6 Å². The highest BCUT2D eigenvalue weighted by molar-refractivity contribution is 7.09. The Morgan fingerprint density at radius 2 is 2.06 bits per heavy atom. The van der Waals surface area contributed by atoms with Crippen molar-refractivity contribution in [3.63, 3.8) is 0 Å². The smallest absolute Gasteiger partial charge is 0.171 e. The fourth-order valence-electron chi connectivity index (χ4n) is 1.50. The lowest BCUT2D eigenvalue weighted by Gasteiger charge is -2.12. The van der Waals surface area contributed by atoms with Gasteiger partial charge >= 0.3 is 0 Å². The fourth-order valence-corrected chi connectivity index (χ4v) is 2.44. The molecule has 1 atom stereocenters. The Bertz CT molecular complexity index is 527. The second kappa shape index (κ2) is 5.63. The van der Waals surface area contributed by atoms with Crippen molar-refractivity contribution in [2.75, 3.05) is 11.9 Å². The molecule has 1 unspecified atom stereocenters. The Balaban J connectivity index is 2.04. The number of hydrogen-bond donors (Lipinski definition) is 1. The van der Waals surface area contributed by atoms with E-state index in [-0.39, 0.29) is 0 Å². The van der Waals surface area contributed by atoms with Crippen LogP contribution in [0.3, 0.4) is 0 Å². The highest BCUT2D eigenvalue weighted by atomic mass is 35.5. The third-order valence-electron chi connectivity index (χ3n) is 2.71. The molecule has 0 aliphatic heterocycles. The largest absolute Gasteiger partial charge is 0.367 e. The van der Waals surface area contributed by atoms with E-state index in [2.05, 4.69) is 27.2 Å². The van der Waals surface area contributed by atoms with Gasteiger partial charge in [-0.05, 0) is 13.8 Å². The molecule has 6 heteroatoms. The van der Waals surface area contributed by atoms with Crippen LogP contribution in [0.1, 0.15) is 29.2 Å². The maximum absolute atomic E-state index is 6.06. The van der Waals surface area contributed by atoms with E-state index in [0.29, 0.717) is 16.9 Å². The molecule has 0 saturated heterocycles. The molecule has 0 saturated carbocycles. The van der Waals surface area contributed by atoms with Crippen molar-refractivity contribution in [2.45, 2.75) is 26.7 Å². The third-order valence-corrected chi connectivity index (χ3v) is 3.98. The molecule has 0 radical (unpaired) electrons. The van der Waals surface area contributed by atoms with Crippen molar-refractivity contribution in [3.8, 4) is 0 Å². The van der Waals surface area contributed by atoms with Crippen molar-refractivity contribution in [3.05, 3.63) is 33.1 Å². The number of hydrogen-bond acceptors (Lipinski definition) is 5. The van der Waals surface area contributed by atoms with E-state index in [0.717, 1.165) is 22.9 Å². The van der Waals surface area contributed by atoms with E-state index in [1.165, 1.54) is 0 Å². The number of thiazole rings is 1. The molecule has 2 rings (SSSR count). The van der Waals surface area contributed by atoms with Gasteiger partial charge in [-0.15, -0.1) is 11.3 Å². The minimum Gasteiger partial charge on any atom is -0.367 e. The summed E-state index contributed by atoms with van der Waals surface area (Å²) in [5, 5.41) is 6.74. The van der Waals surface area contributed by atoms with E-state index in [1.807, 2.05) is 25.4 Å². The van der Waals surface area contributed by atoms with Gasteiger partial charge in [0.25, 0.3) is 0 Å². The molecular weight excluding hydrogens is 268 g/mol. The molecule has 4 nitrogen and oxygen atoms in total. The highest BCUT2D eigenvalue weighted by Gasteiger charge is 2.11. The van der Waals surface area contributed by atoms with Crippen LogP contribution in [0.4, 0.5) is 5.82 Å². The molecule has 2 heterocycles.